The Labute approximate surface area is 78.0 Å². The molecule has 13 heavy (non-hydrogen) atoms. The van der Waals surface area contributed by atoms with Crippen molar-refractivity contribution in [1.29, 1.82) is 0 Å². The van der Waals surface area contributed by atoms with Crippen molar-refractivity contribution in [3.63, 3.8) is 0 Å². The number of nitrogens with one attached hydrogen (secondary N) is 1. The maximum atomic E-state index is 11.1. The lowest BCUT2D eigenvalue weighted by Gasteiger charge is -2.12. The molecule has 1 saturated heterocycles. The second-order valence-electron chi connectivity index (χ2n) is 2.96. The third kappa shape index (κ3) is 2.87. The lowest BCUT2D eigenvalue weighted by atomic mass is 10.6. The van der Waals surface area contributed by atoms with Gasteiger partial charge in [0, 0.05) is 25.4 Å². The van der Waals surface area contributed by atoms with Crippen LogP contribution in [0, 0.1) is 0 Å². The Hall–Kier alpha value is -0.780. The van der Waals surface area contributed by atoms with Gasteiger partial charge in [-0.25, -0.2) is 13.2 Å². The molecule has 0 bridgehead atoms. The molecule has 0 aromatic rings. The van der Waals surface area contributed by atoms with Crippen LogP contribution in [-0.4, -0.2) is 50.5 Å². The van der Waals surface area contributed by atoms with Gasteiger partial charge >= 0.3 is 6.03 Å². The molecule has 2 amide bonds. The van der Waals surface area contributed by atoms with E-state index in [-0.39, 0.29) is 17.5 Å². The van der Waals surface area contributed by atoms with Crippen LogP contribution in [0.5, 0.6) is 0 Å². The maximum absolute atomic E-state index is 11.1. The Morgan fingerprint density at radius 1 is 1.54 bits per heavy atom. The van der Waals surface area contributed by atoms with Crippen molar-refractivity contribution < 1.29 is 13.2 Å². The largest absolute Gasteiger partial charge is 0.336 e. The van der Waals surface area contributed by atoms with Crippen molar-refractivity contribution >= 4 is 15.9 Å². The molecule has 1 N–H and O–H groups in total. The van der Waals surface area contributed by atoms with E-state index in [4.69, 9.17) is 0 Å². The molecular formula is C7H14N2O3S. The van der Waals surface area contributed by atoms with Crippen molar-refractivity contribution in [2.45, 2.75) is 6.92 Å². The zero-order chi connectivity index (χ0) is 9.90. The summed E-state index contributed by atoms with van der Waals surface area (Å²) >= 11 is 0. The molecule has 1 heterocycles. The van der Waals surface area contributed by atoms with Gasteiger partial charge in [0.25, 0.3) is 0 Å². The monoisotopic (exact) mass is 206 g/mol. The fraction of sp³-hybridized carbons (Fsp3) is 0.857. The van der Waals surface area contributed by atoms with Crippen LogP contribution < -0.4 is 5.32 Å². The van der Waals surface area contributed by atoms with Crippen molar-refractivity contribution in [3.05, 3.63) is 0 Å². The number of hydrogen-bond acceptors (Lipinski definition) is 3. The van der Waals surface area contributed by atoms with Gasteiger partial charge in [0.15, 0.2) is 9.84 Å². The summed E-state index contributed by atoms with van der Waals surface area (Å²) in [5, 5.41) is 2.62. The van der Waals surface area contributed by atoms with Crippen LogP contribution >= 0.6 is 0 Å². The molecule has 76 valence electrons. The molecule has 0 unspecified atom stereocenters. The van der Waals surface area contributed by atoms with Gasteiger partial charge in [-0.3, -0.25) is 0 Å². The first-order valence-corrected chi connectivity index (χ1v) is 6.10. The number of amides is 2. The average molecular weight is 206 g/mol. The minimum atomic E-state index is -2.95. The third-order valence-electron chi connectivity index (χ3n) is 2.06. The van der Waals surface area contributed by atoms with Crippen LogP contribution in [0.1, 0.15) is 6.92 Å². The van der Waals surface area contributed by atoms with Crippen LogP contribution in [0.15, 0.2) is 0 Å². The Morgan fingerprint density at radius 3 is 2.69 bits per heavy atom. The highest BCUT2D eigenvalue weighted by atomic mass is 32.2. The maximum Gasteiger partial charge on any atom is 0.317 e. The van der Waals surface area contributed by atoms with Gasteiger partial charge in [-0.2, -0.15) is 0 Å². The smallest absolute Gasteiger partial charge is 0.317 e. The van der Waals surface area contributed by atoms with E-state index in [9.17, 15) is 13.2 Å². The van der Waals surface area contributed by atoms with Gasteiger partial charge in [0.1, 0.15) is 0 Å². The van der Waals surface area contributed by atoms with Crippen molar-refractivity contribution in [1.82, 2.24) is 10.2 Å². The normalized spacial score (nSPS) is 17.6. The summed E-state index contributed by atoms with van der Waals surface area (Å²) < 4.78 is 22.2. The summed E-state index contributed by atoms with van der Waals surface area (Å²) in [5.41, 5.74) is 0. The van der Waals surface area contributed by atoms with Crippen molar-refractivity contribution in [2.24, 2.45) is 0 Å². The minimum absolute atomic E-state index is 0.0664. The molecular weight excluding hydrogens is 192 g/mol. The lowest BCUT2D eigenvalue weighted by Crippen LogP contribution is -2.32. The summed E-state index contributed by atoms with van der Waals surface area (Å²) in [4.78, 5) is 12.5. The molecule has 0 atom stereocenters. The Balaban J connectivity index is 2.38. The molecule has 1 aliphatic heterocycles. The Kier molecular flexibility index (Phi) is 3.13. The molecule has 0 aromatic heterocycles. The highest BCUT2D eigenvalue weighted by Gasteiger charge is 2.20. The average Bonchev–Trinajstić information content (AvgIpc) is 2.48. The van der Waals surface area contributed by atoms with Gasteiger partial charge in [0.05, 0.1) is 5.75 Å². The number of carbonyl (C=O) groups excluding carboxylic acids is 1. The standard InChI is InChI=1S/C7H14N2O3S/c1-2-13(11,12)6-5-9-4-3-8-7(9)10/h2-6H2,1H3,(H,8,10). The summed E-state index contributed by atoms with van der Waals surface area (Å²) in [6, 6.07) is -0.161. The van der Waals surface area contributed by atoms with E-state index in [1.165, 1.54) is 4.90 Å². The van der Waals surface area contributed by atoms with E-state index >= 15 is 0 Å². The first kappa shape index (κ1) is 10.3. The molecule has 5 nitrogen and oxygen atoms in total. The van der Waals surface area contributed by atoms with E-state index in [1.54, 1.807) is 6.92 Å². The lowest BCUT2D eigenvalue weighted by molar-refractivity contribution is 0.220. The fourth-order valence-electron chi connectivity index (χ4n) is 1.12. The first-order valence-electron chi connectivity index (χ1n) is 4.28. The number of hydrogen-bond donors (Lipinski definition) is 1. The summed E-state index contributed by atoms with van der Waals surface area (Å²) in [6.45, 7) is 3.14. The second-order valence-corrected chi connectivity index (χ2v) is 5.43. The Morgan fingerprint density at radius 2 is 2.23 bits per heavy atom. The number of nitrogens with zero attached hydrogens (tertiary/aromatic N) is 1. The van der Waals surface area contributed by atoms with E-state index in [2.05, 4.69) is 5.32 Å². The predicted octanol–water partition coefficient (Wildman–Crippen LogP) is -0.554. The van der Waals surface area contributed by atoms with Crippen LogP contribution in [0.2, 0.25) is 0 Å². The van der Waals surface area contributed by atoms with E-state index in [1.807, 2.05) is 0 Å². The van der Waals surface area contributed by atoms with Crippen LogP contribution in [0.25, 0.3) is 0 Å². The number of urea groups is 1. The molecule has 6 heteroatoms. The number of sulfone groups is 1. The zero-order valence-corrected chi connectivity index (χ0v) is 8.43. The zero-order valence-electron chi connectivity index (χ0n) is 7.62. The number of carbonyl (C=O) groups is 1. The molecule has 0 spiro atoms. The molecule has 0 radical (unpaired) electrons. The van der Waals surface area contributed by atoms with Gasteiger partial charge < -0.3 is 10.2 Å². The van der Waals surface area contributed by atoms with Gasteiger partial charge in [-0.05, 0) is 0 Å². The first-order chi connectivity index (χ1) is 6.05. The van der Waals surface area contributed by atoms with Crippen LogP contribution in [-0.2, 0) is 9.84 Å². The summed E-state index contributed by atoms with van der Waals surface area (Å²) in [5.74, 6) is 0.208. The Bertz CT molecular complexity index is 286. The second kappa shape index (κ2) is 3.95. The van der Waals surface area contributed by atoms with E-state index < -0.39 is 9.84 Å². The molecule has 1 aliphatic rings. The molecule has 0 aliphatic carbocycles. The molecule has 1 fully saturated rings. The molecule has 1 rings (SSSR count). The van der Waals surface area contributed by atoms with E-state index in [0.29, 0.717) is 19.6 Å². The van der Waals surface area contributed by atoms with Gasteiger partial charge in [-0.15, -0.1) is 0 Å². The van der Waals surface area contributed by atoms with E-state index in [0.717, 1.165) is 0 Å². The topological polar surface area (TPSA) is 66.5 Å². The summed E-state index contributed by atoms with van der Waals surface area (Å²) in [7, 11) is -2.95. The van der Waals surface area contributed by atoms with Crippen molar-refractivity contribution in [2.75, 3.05) is 31.1 Å². The third-order valence-corrected chi connectivity index (χ3v) is 3.74. The minimum Gasteiger partial charge on any atom is -0.336 e. The number of rotatable bonds is 4. The highest BCUT2D eigenvalue weighted by Crippen LogP contribution is 1.98. The molecule has 0 aromatic carbocycles. The fourth-order valence-corrected chi connectivity index (χ4v) is 1.91. The predicted molar refractivity (Wildman–Crippen MR) is 49.3 cm³/mol. The quantitative estimate of drug-likeness (QED) is 0.671. The highest BCUT2D eigenvalue weighted by molar-refractivity contribution is 7.91. The van der Waals surface area contributed by atoms with Gasteiger partial charge in [0.2, 0.25) is 0 Å². The summed E-state index contributed by atoms with van der Waals surface area (Å²) in [6.07, 6.45) is 0. The van der Waals surface area contributed by atoms with Crippen LogP contribution in [0.3, 0.4) is 0 Å². The van der Waals surface area contributed by atoms with Crippen LogP contribution in [0.4, 0.5) is 4.79 Å². The van der Waals surface area contributed by atoms with Crippen molar-refractivity contribution in [3.8, 4) is 0 Å². The molecule has 0 saturated carbocycles. The van der Waals surface area contributed by atoms with Gasteiger partial charge in [-0.1, -0.05) is 6.92 Å². The SMILES string of the molecule is CCS(=O)(=O)CCN1CCNC1=O.